The number of amides is 2. The Labute approximate surface area is 250 Å². The number of aliphatic carboxylic acids is 1. The summed E-state index contributed by atoms with van der Waals surface area (Å²) in [5, 5.41) is 11.3. The maximum absolute atomic E-state index is 14.0. The number of carbonyl (C=O) groups excluding carboxylic acids is 2. The molecule has 0 aromatic heterocycles. The molecular formula is C31H36Cl2N2O6. The largest absolute Gasteiger partial charge is 0.489 e. The van der Waals surface area contributed by atoms with E-state index in [0.29, 0.717) is 47.2 Å². The van der Waals surface area contributed by atoms with Gasteiger partial charge in [-0.15, -0.1) is 0 Å². The molecule has 0 unspecified atom stereocenters. The van der Waals surface area contributed by atoms with Crippen LogP contribution in [0.3, 0.4) is 0 Å². The van der Waals surface area contributed by atoms with E-state index >= 15 is 0 Å². The number of halogens is 2. The maximum atomic E-state index is 14.0. The summed E-state index contributed by atoms with van der Waals surface area (Å²) < 4.78 is 11.4. The topological polar surface area (TPSA) is 96.4 Å². The zero-order valence-electron chi connectivity index (χ0n) is 23.5. The number of carbonyl (C=O) groups is 3. The first-order valence-electron chi connectivity index (χ1n) is 13.8. The lowest BCUT2D eigenvalue weighted by Crippen LogP contribution is -2.56. The molecule has 2 aliphatic rings. The molecule has 10 heteroatoms. The normalized spacial score (nSPS) is 20.9. The molecule has 2 aliphatic heterocycles. The number of allylic oxidation sites excluding steroid dienone is 1. The number of carboxylic acid groups (broad SMARTS) is 1. The molecule has 8 nitrogen and oxygen atoms in total. The number of nitrogens with zero attached hydrogens (tertiary/aromatic N) is 2. The van der Waals surface area contributed by atoms with Crippen molar-refractivity contribution >= 4 is 41.2 Å². The zero-order chi connectivity index (χ0) is 29.7. The van der Waals surface area contributed by atoms with Gasteiger partial charge in [-0.1, -0.05) is 53.6 Å². The Morgan fingerprint density at radius 2 is 1.73 bits per heavy atom. The van der Waals surface area contributed by atoms with E-state index < -0.39 is 29.7 Å². The lowest BCUT2D eigenvalue weighted by Gasteiger charge is -2.35. The number of rotatable bonds is 7. The van der Waals surface area contributed by atoms with E-state index in [2.05, 4.69) is 0 Å². The van der Waals surface area contributed by atoms with Crippen molar-refractivity contribution in [3.05, 3.63) is 75.8 Å². The van der Waals surface area contributed by atoms with Crippen LogP contribution in [0.2, 0.25) is 10.0 Å². The SMILES string of the molecule is CC(C)(C)OC(=O)N1CC[C@@H]2C/C=C\CCN([C@@H](Cc3ccc(OCc4c(Cl)cccc4Cl)cc3)C(=O)O)C(=O)[C@H]21. The third kappa shape index (κ3) is 7.74. The summed E-state index contributed by atoms with van der Waals surface area (Å²) >= 11 is 12.5. The van der Waals surface area contributed by atoms with Crippen LogP contribution in [0, 0.1) is 5.92 Å². The number of fused-ring (bicyclic) bond motifs is 1. The molecule has 2 aromatic rings. The number of benzene rings is 2. The summed E-state index contributed by atoms with van der Waals surface area (Å²) in [4.78, 5) is 42.5. The van der Waals surface area contributed by atoms with E-state index in [-0.39, 0.29) is 31.4 Å². The van der Waals surface area contributed by atoms with Gasteiger partial charge in [0.25, 0.3) is 0 Å². The number of hydrogen-bond acceptors (Lipinski definition) is 5. The van der Waals surface area contributed by atoms with Crippen LogP contribution in [0.5, 0.6) is 5.75 Å². The fourth-order valence-electron chi connectivity index (χ4n) is 5.26. The summed E-state index contributed by atoms with van der Waals surface area (Å²) in [5.41, 5.74) is 0.697. The second-order valence-electron chi connectivity index (χ2n) is 11.4. The molecule has 3 atom stereocenters. The minimum atomic E-state index is -1.11. The molecule has 4 rings (SSSR count). The molecule has 0 saturated carbocycles. The number of carboxylic acids is 1. The Balaban J connectivity index is 1.51. The summed E-state index contributed by atoms with van der Waals surface area (Å²) in [6.07, 6.45) is 5.37. The minimum absolute atomic E-state index is 0.102. The van der Waals surface area contributed by atoms with Gasteiger partial charge in [0.05, 0.1) is 0 Å². The predicted octanol–water partition coefficient (Wildman–Crippen LogP) is 6.37. The summed E-state index contributed by atoms with van der Waals surface area (Å²) in [7, 11) is 0. The van der Waals surface area contributed by atoms with Crippen LogP contribution < -0.4 is 4.74 Å². The predicted molar refractivity (Wildman–Crippen MR) is 157 cm³/mol. The van der Waals surface area contributed by atoms with Crippen molar-refractivity contribution < 1.29 is 29.0 Å². The van der Waals surface area contributed by atoms with E-state index in [1.807, 2.05) is 12.2 Å². The second-order valence-corrected chi connectivity index (χ2v) is 12.2. The van der Waals surface area contributed by atoms with Crippen LogP contribution in [0.4, 0.5) is 4.79 Å². The first-order valence-corrected chi connectivity index (χ1v) is 14.5. The third-order valence-electron chi connectivity index (χ3n) is 7.29. The highest BCUT2D eigenvalue weighted by Gasteiger charge is 2.46. The Hall–Kier alpha value is -3.23. The summed E-state index contributed by atoms with van der Waals surface area (Å²) in [6.45, 7) is 6.14. The van der Waals surface area contributed by atoms with Crippen LogP contribution in [-0.2, 0) is 27.4 Å². The molecule has 2 amide bonds. The van der Waals surface area contributed by atoms with Crippen LogP contribution in [0.1, 0.15) is 51.2 Å². The van der Waals surface area contributed by atoms with E-state index in [4.69, 9.17) is 32.7 Å². The standard InChI is InChI=1S/C31H36Cl2N2O6/c1-31(2,3)41-30(39)35-17-15-21-8-5-4-6-16-34(28(36)27(21)35)26(29(37)38)18-20-11-13-22(14-12-20)40-19-23-24(32)9-7-10-25(23)33/h4-5,7,9-14,21,26-27H,6,8,15-19H2,1-3H3,(H,37,38)/b5-4-/t21-,26-,27-/m0/s1. The average Bonchev–Trinajstić information content (AvgIpc) is 3.34. The van der Waals surface area contributed by atoms with Crippen LogP contribution >= 0.6 is 23.2 Å². The molecule has 0 aliphatic carbocycles. The van der Waals surface area contributed by atoms with Gasteiger partial charge in [-0.25, -0.2) is 9.59 Å². The third-order valence-corrected chi connectivity index (χ3v) is 8.00. The molecule has 2 aromatic carbocycles. The van der Waals surface area contributed by atoms with Crippen molar-refractivity contribution in [2.45, 2.75) is 70.7 Å². The van der Waals surface area contributed by atoms with E-state index in [1.165, 1.54) is 9.80 Å². The molecule has 0 spiro atoms. The number of hydrogen-bond donors (Lipinski definition) is 1. The number of likely N-dealkylation sites (tertiary alicyclic amines) is 1. The highest BCUT2D eigenvalue weighted by molar-refractivity contribution is 6.35. The van der Waals surface area contributed by atoms with Crippen molar-refractivity contribution in [3.8, 4) is 5.75 Å². The highest BCUT2D eigenvalue weighted by atomic mass is 35.5. The van der Waals surface area contributed by atoms with Gasteiger partial charge < -0.3 is 19.5 Å². The van der Waals surface area contributed by atoms with Crippen molar-refractivity contribution in [2.24, 2.45) is 5.92 Å². The average molecular weight is 604 g/mol. The van der Waals surface area contributed by atoms with Gasteiger partial charge in [-0.05, 0) is 75.8 Å². The van der Waals surface area contributed by atoms with E-state index in [0.717, 1.165) is 5.56 Å². The molecule has 1 saturated heterocycles. The van der Waals surface area contributed by atoms with Crippen molar-refractivity contribution in [1.29, 1.82) is 0 Å². The quantitative estimate of drug-likeness (QED) is 0.370. The van der Waals surface area contributed by atoms with Crippen molar-refractivity contribution in [1.82, 2.24) is 9.80 Å². The molecule has 2 heterocycles. The lowest BCUT2D eigenvalue weighted by atomic mass is 9.94. The van der Waals surface area contributed by atoms with Gasteiger partial charge in [0, 0.05) is 35.1 Å². The van der Waals surface area contributed by atoms with E-state index in [1.54, 1.807) is 63.2 Å². The van der Waals surface area contributed by atoms with Gasteiger partial charge in [0.1, 0.15) is 30.0 Å². The fraction of sp³-hybridized carbons (Fsp3) is 0.452. The van der Waals surface area contributed by atoms with Crippen molar-refractivity contribution in [3.63, 3.8) is 0 Å². The van der Waals surface area contributed by atoms with Gasteiger partial charge in [0.15, 0.2) is 0 Å². The zero-order valence-corrected chi connectivity index (χ0v) is 25.0. The van der Waals surface area contributed by atoms with Gasteiger partial charge in [0.2, 0.25) is 5.91 Å². The van der Waals surface area contributed by atoms with Gasteiger partial charge in [-0.3, -0.25) is 9.69 Å². The monoisotopic (exact) mass is 602 g/mol. The molecule has 1 N–H and O–H groups in total. The Morgan fingerprint density at radius 1 is 1.05 bits per heavy atom. The highest BCUT2D eigenvalue weighted by Crippen LogP contribution is 2.33. The molecule has 41 heavy (non-hydrogen) atoms. The summed E-state index contributed by atoms with van der Waals surface area (Å²) in [6, 6.07) is 10.4. The lowest BCUT2D eigenvalue weighted by molar-refractivity contribution is -0.152. The second kappa shape index (κ2) is 13.2. The van der Waals surface area contributed by atoms with Crippen LogP contribution in [0.25, 0.3) is 0 Å². The Morgan fingerprint density at radius 3 is 2.37 bits per heavy atom. The number of ether oxygens (including phenoxy) is 2. The Kier molecular flexibility index (Phi) is 9.87. The van der Waals surface area contributed by atoms with Crippen molar-refractivity contribution in [2.75, 3.05) is 13.1 Å². The fourth-order valence-corrected chi connectivity index (χ4v) is 5.76. The first kappa shape index (κ1) is 30.7. The maximum Gasteiger partial charge on any atom is 0.410 e. The first-order chi connectivity index (χ1) is 19.4. The van der Waals surface area contributed by atoms with Crippen LogP contribution in [-0.4, -0.2) is 63.7 Å². The molecule has 0 bridgehead atoms. The Bertz CT molecular complexity index is 1270. The smallest absolute Gasteiger partial charge is 0.410 e. The molecular weight excluding hydrogens is 567 g/mol. The van der Waals surface area contributed by atoms with Crippen LogP contribution in [0.15, 0.2) is 54.6 Å². The minimum Gasteiger partial charge on any atom is -0.489 e. The molecule has 1 fully saturated rings. The summed E-state index contributed by atoms with van der Waals surface area (Å²) in [5.74, 6) is -0.994. The molecule has 220 valence electrons. The van der Waals surface area contributed by atoms with Gasteiger partial charge in [-0.2, -0.15) is 0 Å². The van der Waals surface area contributed by atoms with Gasteiger partial charge >= 0.3 is 12.1 Å². The molecule has 0 radical (unpaired) electrons. The van der Waals surface area contributed by atoms with E-state index in [9.17, 15) is 19.5 Å².